The van der Waals surface area contributed by atoms with Crippen LogP contribution in [0.3, 0.4) is 0 Å². The van der Waals surface area contributed by atoms with E-state index >= 15 is 0 Å². The number of amides is 2. The summed E-state index contributed by atoms with van der Waals surface area (Å²) in [6.07, 6.45) is 6.72. The average Bonchev–Trinajstić information content (AvgIpc) is 2.63. The topological polar surface area (TPSA) is 71.9 Å². The van der Waals surface area contributed by atoms with Crippen molar-refractivity contribution in [3.05, 3.63) is 24.3 Å². The van der Waals surface area contributed by atoms with Gasteiger partial charge in [-0.25, -0.2) is 0 Å². The second-order valence-electron chi connectivity index (χ2n) is 7.00. The summed E-state index contributed by atoms with van der Waals surface area (Å²) < 4.78 is 5.26. The Morgan fingerprint density at radius 2 is 1.81 bits per heavy atom. The van der Waals surface area contributed by atoms with E-state index in [9.17, 15) is 9.59 Å². The Hall–Kier alpha value is -2.08. The molecule has 1 aliphatic carbocycles. The number of nitrogens with one attached hydrogen (secondary N) is 3. The first-order chi connectivity index (χ1) is 12.6. The number of para-hydroxylation sites is 2. The van der Waals surface area contributed by atoms with Crippen LogP contribution in [-0.2, 0) is 9.59 Å². The van der Waals surface area contributed by atoms with Crippen LogP contribution in [0.2, 0.25) is 0 Å². The van der Waals surface area contributed by atoms with Crippen LogP contribution in [0, 0.1) is 0 Å². The van der Waals surface area contributed by atoms with Crippen LogP contribution in [0.15, 0.2) is 24.3 Å². The molecule has 0 aliphatic heterocycles. The number of benzene rings is 1. The fourth-order valence-corrected chi connectivity index (χ4v) is 3.51. The Labute approximate surface area is 156 Å². The first-order valence-corrected chi connectivity index (χ1v) is 9.68. The largest absolute Gasteiger partial charge is 0.495 e. The molecular formula is C20H32N3O3+. The molecule has 1 aromatic carbocycles. The third kappa shape index (κ3) is 6.67. The molecule has 1 aromatic rings. The van der Waals surface area contributed by atoms with Gasteiger partial charge in [0, 0.05) is 6.04 Å². The van der Waals surface area contributed by atoms with Gasteiger partial charge in [-0.1, -0.05) is 38.3 Å². The summed E-state index contributed by atoms with van der Waals surface area (Å²) in [4.78, 5) is 25.8. The zero-order valence-corrected chi connectivity index (χ0v) is 16.0. The summed E-state index contributed by atoms with van der Waals surface area (Å²) in [6, 6.07) is 7.64. The molecule has 1 saturated carbocycles. The van der Waals surface area contributed by atoms with Crippen molar-refractivity contribution in [3.63, 3.8) is 0 Å². The number of ether oxygens (including phenoxy) is 1. The second-order valence-corrected chi connectivity index (χ2v) is 7.00. The number of anilines is 1. The number of methoxy groups -OCH3 is 1. The summed E-state index contributed by atoms with van der Waals surface area (Å²) >= 11 is 0. The first kappa shape index (κ1) is 20.2. The van der Waals surface area contributed by atoms with Gasteiger partial charge in [-0.3, -0.25) is 9.59 Å². The molecule has 6 heteroatoms. The van der Waals surface area contributed by atoms with E-state index in [0.29, 0.717) is 24.0 Å². The van der Waals surface area contributed by atoms with Crippen LogP contribution < -0.4 is 20.3 Å². The second kappa shape index (κ2) is 10.8. The van der Waals surface area contributed by atoms with Gasteiger partial charge in [0.05, 0.1) is 19.3 Å². The fourth-order valence-electron chi connectivity index (χ4n) is 3.51. The maximum absolute atomic E-state index is 12.4. The van der Waals surface area contributed by atoms with E-state index in [-0.39, 0.29) is 18.4 Å². The number of hydrogen-bond donors (Lipinski definition) is 3. The Bertz CT molecular complexity index is 585. The summed E-state index contributed by atoms with van der Waals surface area (Å²) in [5, 5.41) is 6.03. The molecule has 1 unspecified atom stereocenters. The van der Waals surface area contributed by atoms with Crippen molar-refractivity contribution in [2.75, 3.05) is 32.1 Å². The zero-order valence-electron chi connectivity index (χ0n) is 16.0. The predicted molar refractivity (Wildman–Crippen MR) is 102 cm³/mol. The normalized spacial score (nSPS) is 15.9. The van der Waals surface area contributed by atoms with Crippen molar-refractivity contribution < 1.29 is 19.2 Å². The van der Waals surface area contributed by atoms with Crippen LogP contribution >= 0.6 is 0 Å². The first-order valence-electron chi connectivity index (χ1n) is 9.68. The van der Waals surface area contributed by atoms with Crippen molar-refractivity contribution in [2.45, 2.75) is 51.5 Å². The molecule has 0 radical (unpaired) electrons. The lowest BCUT2D eigenvalue weighted by molar-refractivity contribution is -0.883. The molecule has 2 amide bonds. The van der Waals surface area contributed by atoms with Gasteiger partial charge >= 0.3 is 0 Å². The highest BCUT2D eigenvalue weighted by molar-refractivity contribution is 5.93. The molecule has 1 fully saturated rings. The number of carbonyl (C=O) groups excluding carboxylic acids is 2. The van der Waals surface area contributed by atoms with Crippen molar-refractivity contribution in [1.82, 2.24) is 5.32 Å². The quantitative estimate of drug-likeness (QED) is 0.621. The van der Waals surface area contributed by atoms with Gasteiger partial charge in [-0.15, -0.1) is 0 Å². The number of quaternary nitrogens is 1. The molecule has 2 rings (SSSR count). The van der Waals surface area contributed by atoms with Crippen molar-refractivity contribution in [1.29, 1.82) is 0 Å². The van der Waals surface area contributed by atoms with Gasteiger partial charge < -0.3 is 20.3 Å². The smallest absolute Gasteiger partial charge is 0.279 e. The average molecular weight is 362 g/mol. The van der Waals surface area contributed by atoms with Crippen LogP contribution in [0.4, 0.5) is 5.69 Å². The summed E-state index contributed by atoms with van der Waals surface area (Å²) in [6.45, 7) is 3.46. The van der Waals surface area contributed by atoms with Crippen LogP contribution in [0.25, 0.3) is 0 Å². The Balaban J connectivity index is 1.85. The minimum Gasteiger partial charge on any atom is -0.495 e. The standard InChI is InChI=1S/C20H31N3O3/c1-3-13-23(14-19(24)21-16-9-5-4-6-10-16)15-20(25)22-17-11-7-8-12-18(17)26-2/h7-8,11-12,16H,3-6,9-10,13-15H2,1-2H3,(H,21,24)(H,22,25)/p+1. The Morgan fingerprint density at radius 3 is 2.50 bits per heavy atom. The Morgan fingerprint density at radius 1 is 1.12 bits per heavy atom. The maximum Gasteiger partial charge on any atom is 0.279 e. The van der Waals surface area contributed by atoms with Crippen LogP contribution in [0.1, 0.15) is 45.4 Å². The van der Waals surface area contributed by atoms with Crippen molar-refractivity contribution in [3.8, 4) is 5.75 Å². The van der Waals surface area contributed by atoms with Gasteiger partial charge in [0.15, 0.2) is 13.1 Å². The molecule has 3 N–H and O–H groups in total. The van der Waals surface area contributed by atoms with E-state index in [1.165, 1.54) is 19.3 Å². The third-order valence-electron chi connectivity index (χ3n) is 4.78. The van der Waals surface area contributed by atoms with Gasteiger partial charge in [-0.2, -0.15) is 0 Å². The van der Waals surface area contributed by atoms with Gasteiger partial charge in [0.1, 0.15) is 5.75 Å². The lowest BCUT2D eigenvalue weighted by Crippen LogP contribution is -3.14. The molecule has 6 nitrogen and oxygen atoms in total. The van der Waals surface area contributed by atoms with Gasteiger partial charge in [0.2, 0.25) is 0 Å². The van der Waals surface area contributed by atoms with Crippen molar-refractivity contribution >= 4 is 17.5 Å². The molecule has 0 heterocycles. The lowest BCUT2D eigenvalue weighted by atomic mass is 9.95. The minimum absolute atomic E-state index is 0.0467. The number of rotatable bonds is 9. The van der Waals surface area contributed by atoms with Crippen molar-refractivity contribution in [2.24, 2.45) is 0 Å². The molecule has 0 saturated heterocycles. The number of carbonyl (C=O) groups is 2. The minimum atomic E-state index is -0.108. The highest BCUT2D eigenvalue weighted by atomic mass is 16.5. The summed E-state index contributed by atoms with van der Waals surface area (Å²) in [5.74, 6) is 0.571. The predicted octanol–water partition coefficient (Wildman–Crippen LogP) is 1.38. The molecular weight excluding hydrogens is 330 g/mol. The van der Waals surface area contributed by atoms with Crippen LogP contribution in [0.5, 0.6) is 5.75 Å². The highest BCUT2D eigenvalue weighted by Gasteiger charge is 2.21. The molecule has 0 aromatic heterocycles. The highest BCUT2D eigenvalue weighted by Crippen LogP contribution is 2.22. The van der Waals surface area contributed by atoms with E-state index in [2.05, 4.69) is 17.6 Å². The molecule has 26 heavy (non-hydrogen) atoms. The molecule has 144 valence electrons. The van der Waals surface area contributed by atoms with Crippen LogP contribution in [-0.4, -0.2) is 44.6 Å². The monoisotopic (exact) mass is 362 g/mol. The van der Waals surface area contributed by atoms with E-state index < -0.39 is 0 Å². The van der Waals surface area contributed by atoms with E-state index in [0.717, 1.165) is 30.7 Å². The lowest BCUT2D eigenvalue weighted by Gasteiger charge is -2.24. The third-order valence-corrected chi connectivity index (χ3v) is 4.78. The summed E-state index contributed by atoms with van der Waals surface area (Å²) in [7, 11) is 1.58. The fraction of sp³-hybridized carbons (Fsp3) is 0.600. The molecule has 1 aliphatic rings. The molecule has 0 spiro atoms. The SMILES string of the molecule is CCC[NH+](CC(=O)Nc1ccccc1OC)CC(=O)NC1CCCCC1. The number of hydrogen-bond acceptors (Lipinski definition) is 3. The van der Waals surface area contributed by atoms with E-state index in [1.807, 2.05) is 24.3 Å². The summed E-state index contributed by atoms with van der Waals surface area (Å²) in [5.41, 5.74) is 0.655. The van der Waals surface area contributed by atoms with Gasteiger partial charge in [0.25, 0.3) is 11.8 Å². The molecule has 0 bridgehead atoms. The Kier molecular flexibility index (Phi) is 8.41. The van der Waals surface area contributed by atoms with E-state index in [1.54, 1.807) is 7.11 Å². The molecule has 1 atom stereocenters. The van der Waals surface area contributed by atoms with Gasteiger partial charge in [-0.05, 0) is 31.4 Å². The van der Waals surface area contributed by atoms with E-state index in [4.69, 9.17) is 4.74 Å². The zero-order chi connectivity index (χ0) is 18.8. The maximum atomic E-state index is 12.4.